The predicted molar refractivity (Wildman–Crippen MR) is 104 cm³/mol. The molecule has 1 aliphatic carbocycles. The van der Waals surface area contributed by atoms with Crippen LogP contribution in [0.1, 0.15) is 48.8 Å². The van der Waals surface area contributed by atoms with Crippen LogP contribution in [0.25, 0.3) is 0 Å². The van der Waals surface area contributed by atoms with Gasteiger partial charge in [0.25, 0.3) is 0 Å². The van der Waals surface area contributed by atoms with E-state index in [4.69, 9.17) is 16.9 Å². The Morgan fingerprint density at radius 3 is 2.58 bits per heavy atom. The van der Waals surface area contributed by atoms with Crippen LogP contribution in [0.3, 0.4) is 0 Å². The van der Waals surface area contributed by atoms with Gasteiger partial charge in [0.05, 0.1) is 17.0 Å². The second kappa shape index (κ2) is 7.93. The average molecular weight is 367 g/mol. The van der Waals surface area contributed by atoms with Crippen LogP contribution in [0.4, 0.5) is 0 Å². The van der Waals surface area contributed by atoms with Crippen molar-refractivity contribution in [2.45, 2.75) is 44.1 Å². The van der Waals surface area contributed by atoms with E-state index in [0.29, 0.717) is 17.1 Å². The normalized spacial score (nSPS) is 15.9. The average Bonchev–Trinajstić information content (AvgIpc) is 2.68. The third-order valence-electron chi connectivity index (χ3n) is 5.32. The first-order valence-electron chi connectivity index (χ1n) is 9.06. The lowest BCUT2D eigenvalue weighted by Gasteiger charge is -2.39. The number of carbonyl (C=O) groups excluding carboxylic acids is 1. The minimum Gasteiger partial charge on any atom is -0.341 e. The fourth-order valence-corrected chi connectivity index (χ4v) is 4.21. The van der Waals surface area contributed by atoms with Crippen molar-refractivity contribution in [1.29, 1.82) is 5.26 Å². The van der Waals surface area contributed by atoms with Gasteiger partial charge in [0.2, 0.25) is 5.91 Å². The first-order chi connectivity index (χ1) is 12.5. The highest BCUT2D eigenvalue weighted by atomic mass is 35.5. The van der Waals surface area contributed by atoms with Gasteiger partial charge < -0.3 is 4.90 Å². The van der Waals surface area contributed by atoms with E-state index in [0.717, 1.165) is 36.8 Å². The molecule has 3 rings (SSSR count). The second-order valence-corrected chi connectivity index (χ2v) is 7.56. The fraction of sp³-hybridized carbons (Fsp3) is 0.364. The molecule has 26 heavy (non-hydrogen) atoms. The Balaban J connectivity index is 1.89. The van der Waals surface area contributed by atoms with E-state index in [1.807, 2.05) is 49.5 Å². The van der Waals surface area contributed by atoms with Gasteiger partial charge in [0, 0.05) is 18.6 Å². The van der Waals surface area contributed by atoms with Gasteiger partial charge in [-0.2, -0.15) is 5.26 Å². The Morgan fingerprint density at radius 1 is 1.15 bits per heavy atom. The Hall–Kier alpha value is -2.31. The smallest absolute Gasteiger partial charge is 0.233 e. The minimum atomic E-state index is -0.495. The van der Waals surface area contributed by atoms with E-state index in [9.17, 15) is 4.79 Å². The van der Waals surface area contributed by atoms with Crippen LogP contribution < -0.4 is 0 Å². The summed E-state index contributed by atoms with van der Waals surface area (Å²) in [7, 11) is 1.85. The Labute approximate surface area is 160 Å². The molecule has 0 unspecified atom stereocenters. The lowest BCUT2D eigenvalue weighted by Crippen LogP contribution is -2.46. The zero-order valence-corrected chi connectivity index (χ0v) is 15.8. The Bertz CT molecular complexity index is 834. The summed E-state index contributed by atoms with van der Waals surface area (Å²) in [6.45, 7) is 0.497. The summed E-state index contributed by atoms with van der Waals surface area (Å²) in [5.41, 5.74) is 2.11. The molecule has 0 aliphatic heterocycles. The van der Waals surface area contributed by atoms with E-state index in [2.05, 4.69) is 6.07 Å². The maximum Gasteiger partial charge on any atom is 0.233 e. The van der Waals surface area contributed by atoms with Crippen LogP contribution in [0.15, 0.2) is 48.5 Å². The summed E-state index contributed by atoms with van der Waals surface area (Å²) in [5, 5.41) is 9.75. The third kappa shape index (κ3) is 3.76. The molecule has 0 heterocycles. The van der Waals surface area contributed by atoms with Gasteiger partial charge in [0.15, 0.2) is 0 Å². The van der Waals surface area contributed by atoms with Crippen molar-refractivity contribution in [1.82, 2.24) is 4.90 Å². The Kier molecular flexibility index (Phi) is 5.64. The number of amides is 1. The minimum absolute atomic E-state index is 0.141. The molecule has 134 valence electrons. The SMILES string of the molecule is CN(Cc1cccc(C#N)c1)C(=O)C1(c2cccc(Cl)c2)CCCCC1. The summed E-state index contributed by atoms with van der Waals surface area (Å²) in [5.74, 6) is 0.141. The predicted octanol–water partition coefficient (Wildman–Crippen LogP) is 5.07. The highest BCUT2D eigenvalue weighted by molar-refractivity contribution is 6.30. The van der Waals surface area contributed by atoms with Crippen molar-refractivity contribution in [2.75, 3.05) is 7.05 Å². The van der Waals surface area contributed by atoms with Crippen LogP contribution in [-0.4, -0.2) is 17.9 Å². The lowest BCUT2D eigenvalue weighted by atomic mass is 9.68. The van der Waals surface area contributed by atoms with Crippen LogP contribution in [0, 0.1) is 11.3 Å². The molecule has 0 radical (unpaired) electrons. The van der Waals surface area contributed by atoms with Gasteiger partial charge in [-0.1, -0.05) is 55.1 Å². The summed E-state index contributed by atoms with van der Waals surface area (Å²) in [6.07, 6.45) is 4.99. The zero-order valence-electron chi connectivity index (χ0n) is 15.0. The van der Waals surface area contributed by atoms with Gasteiger partial charge >= 0.3 is 0 Å². The fourth-order valence-electron chi connectivity index (χ4n) is 4.02. The van der Waals surface area contributed by atoms with Crippen LogP contribution in [-0.2, 0) is 16.8 Å². The van der Waals surface area contributed by atoms with Crippen molar-refractivity contribution in [2.24, 2.45) is 0 Å². The number of halogens is 1. The van der Waals surface area contributed by atoms with E-state index in [1.165, 1.54) is 6.42 Å². The van der Waals surface area contributed by atoms with Crippen LogP contribution in [0.2, 0.25) is 5.02 Å². The van der Waals surface area contributed by atoms with E-state index in [1.54, 1.807) is 11.0 Å². The van der Waals surface area contributed by atoms with Crippen molar-refractivity contribution in [3.05, 3.63) is 70.2 Å². The van der Waals surface area contributed by atoms with Gasteiger partial charge in [0.1, 0.15) is 0 Å². The summed E-state index contributed by atoms with van der Waals surface area (Å²) in [4.78, 5) is 15.3. The molecule has 0 aromatic heterocycles. The number of hydrogen-bond acceptors (Lipinski definition) is 2. The topological polar surface area (TPSA) is 44.1 Å². The van der Waals surface area contributed by atoms with Gasteiger partial charge in [-0.25, -0.2) is 0 Å². The summed E-state index contributed by atoms with van der Waals surface area (Å²) >= 11 is 6.22. The monoisotopic (exact) mass is 366 g/mol. The molecule has 1 saturated carbocycles. The molecule has 0 N–H and O–H groups in total. The first kappa shape index (κ1) is 18.5. The molecule has 0 bridgehead atoms. The standard InChI is InChI=1S/C22H23ClN2O/c1-25(16-18-8-5-7-17(13-18)15-24)21(26)22(11-3-2-4-12-22)19-9-6-10-20(23)14-19/h5-10,13-14H,2-4,11-12,16H2,1H3. The second-order valence-electron chi connectivity index (χ2n) is 7.13. The van der Waals surface area contributed by atoms with Crippen molar-refractivity contribution in [3.8, 4) is 6.07 Å². The van der Waals surface area contributed by atoms with Crippen LogP contribution >= 0.6 is 11.6 Å². The van der Waals surface area contributed by atoms with Crippen LogP contribution in [0.5, 0.6) is 0 Å². The maximum atomic E-state index is 13.5. The summed E-state index contributed by atoms with van der Waals surface area (Å²) < 4.78 is 0. The molecular formula is C22H23ClN2O. The molecular weight excluding hydrogens is 344 g/mol. The molecule has 1 amide bonds. The number of hydrogen-bond donors (Lipinski definition) is 0. The lowest BCUT2D eigenvalue weighted by molar-refractivity contribution is -0.138. The molecule has 0 saturated heterocycles. The van der Waals surface area contributed by atoms with Crippen molar-refractivity contribution in [3.63, 3.8) is 0 Å². The van der Waals surface area contributed by atoms with Crippen molar-refractivity contribution < 1.29 is 4.79 Å². The van der Waals surface area contributed by atoms with Gasteiger partial charge in [-0.05, 0) is 48.2 Å². The quantitative estimate of drug-likeness (QED) is 0.758. The molecule has 3 nitrogen and oxygen atoms in total. The number of likely N-dealkylation sites (N-methyl/N-ethyl adjacent to an activating group) is 1. The molecule has 0 atom stereocenters. The Morgan fingerprint density at radius 2 is 1.88 bits per heavy atom. The van der Waals surface area contributed by atoms with Gasteiger partial charge in [-0.3, -0.25) is 4.79 Å². The van der Waals surface area contributed by atoms with Gasteiger partial charge in [-0.15, -0.1) is 0 Å². The zero-order chi connectivity index (χ0) is 18.6. The first-order valence-corrected chi connectivity index (χ1v) is 9.44. The number of carbonyl (C=O) groups is 1. The van der Waals surface area contributed by atoms with E-state index in [-0.39, 0.29) is 5.91 Å². The molecule has 1 aliphatic rings. The third-order valence-corrected chi connectivity index (χ3v) is 5.55. The van der Waals surface area contributed by atoms with Crippen molar-refractivity contribution >= 4 is 17.5 Å². The summed E-state index contributed by atoms with van der Waals surface area (Å²) in [6, 6.07) is 17.3. The highest BCUT2D eigenvalue weighted by Crippen LogP contribution is 2.41. The number of rotatable bonds is 4. The number of nitriles is 1. The number of benzene rings is 2. The maximum absolute atomic E-state index is 13.5. The molecule has 1 fully saturated rings. The largest absolute Gasteiger partial charge is 0.341 e. The highest BCUT2D eigenvalue weighted by Gasteiger charge is 2.42. The van der Waals surface area contributed by atoms with E-state index >= 15 is 0 Å². The molecule has 2 aromatic carbocycles. The molecule has 0 spiro atoms. The molecule has 2 aromatic rings. The number of nitrogens with zero attached hydrogens (tertiary/aromatic N) is 2. The molecule has 4 heteroatoms. The van der Waals surface area contributed by atoms with E-state index < -0.39 is 5.41 Å².